The van der Waals surface area contributed by atoms with Gasteiger partial charge in [0.15, 0.2) is 11.5 Å². The van der Waals surface area contributed by atoms with Gasteiger partial charge in [-0.05, 0) is 25.5 Å². The Bertz CT molecular complexity index is 407. The van der Waals surface area contributed by atoms with Crippen molar-refractivity contribution in [1.29, 1.82) is 0 Å². The summed E-state index contributed by atoms with van der Waals surface area (Å²) in [5.41, 5.74) is -0.641. The van der Waals surface area contributed by atoms with E-state index in [0.717, 1.165) is 24.3 Å². The molecular formula is C18H31NO3. The van der Waals surface area contributed by atoms with Gasteiger partial charge in [0, 0.05) is 13.1 Å². The maximum atomic E-state index is 10.3. The molecule has 22 heavy (non-hydrogen) atoms. The molecule has 2 N–H and O–H groups in total. The van der Waals surface area contributed by atoms with Crippen molar-refractivity contribution in [3.05, 3.63) is 24.3 Å². The summed E-state index contributed by atoms with van der Waals surface area (Å²) >= 11 is 0. The molecule has 1 rings (SSSR count). The van der Waals surface area contributed by atoms with E-state index in [9.17, 15) is 5.11 Å². The van der Waals surface area contributed by atoms with Gasteiger partial charge < -0.3 is 19.9 Å². The van der Waals surface area contributed by atoms with Crippen LogP contribution in [0.25, 0.3) is 0 Å². The third-order valence-electron chi connectivity index (χ3n) is 3.68. The minimum absolute atomic E-state index is 0.548. The van der Waals surface area contributed by atoms with Gasteiger partial charge >= 0.3 is 0 Å². The number of rotatable bonds is 12. The molecule has 0 fully saturated rings. The predicted octanol–water partition coefficient (Wildman–Crippen LogP) is 3.39. The van der Waals surface area contributed by atoms with E-state index in [2.05, 4.69) is 12.2 Å². The Kier molecular flexibility index (Phi) is 8.94. The Hall–Kier alpha value is -1.26. The fourth-order valence-electron chi connectivity index (χ4n) is 2.35. The largest absolute Gasteiger partial charge is 0.493 e. The van der Waals surface area contributed by atoms with E-state index >= 15 is 0 Å². The highest BCUT2D eigenvalue weighted by Gasteiger charge is 2.18. The van der Waals surface area contributed by atoms with E-state index in [0.29, 0.717) is 19.7 Å². The number of benzene rings is 1. The van der Waals surface area contributed by atoms with Gasteiger partial charge in [-0.25, -0.2) is 0 Å². The summed E-state index contributed by atoms with van der Waals surface area (Å²) < 4.78 is 10.9. The first kappa shape index (κ1) is 18.8. The summed E-state index contributed by atoms with van der Waals surface area (Å²) in [6, 6.07) is 7.61. The molecule has 0 heterocycles. The maximum absolute atomic E-state index is 10.3. The van der Waals surface area contributed by atoms with Crippen molar-refractivity contribution in [2.45, 2.75) is 51.6 Å². The molecule has 126 valence electrons. The van der Waals surface area contributed by atoms with E-state index in [1.54, 1.807) is 7.11 Å². The first-order valence-electron chi connectivity index (χ1n) is 8.28. The molecule has 0 aromatic heterocycles. The quantitative estimate of drug-likeness (QED) is 0.581. The highest BCUT2D eigenvalue weighted by Crippen LogP contribution is 2.25. The van der Waals surface area contributed by atoms with E-state index in [-0.39, 0.29) is 0 Å². The van der Waals surface area contributed by atoms with Crippen LogP contribution in [0.4, 0.5) is 0 Å². The normalized spacial score (nSPS) is 13.6. The number of methoxy groups -OCH3 is 1. The van der Waals surface area contributed by atoms with Crippen LogP contribution in [0.3, 0.4) is 0 Å². The topological polar surface area (TPSA) is 50.7 Å². The van der Waals surface area contributed by atoms with Crippen molar-refractivity contribution >= 4 is 0 Å². The molecule has 0 radical (unpaired) electrons. The first-order chi connectivity index (χ1) is 10.6. The fraction of sp³-hybridized carbons (Fsp3) is 0.667. The van der Waals surface area contributed by atoms with Gasteiger partial charge in [0.25, 0.3) is 0 Å². The number of nitrogens with one attached hydrogen (secondary N) is 1. The van der Waals surface area contributed by atoms with Crippen LogP contribution in [0.2, 0.25) is 0 Å². The summed E-state index contributed by atoms with van der Waals surface area (Å²) in [5.74, 6) is 1.49. The summed E-state index contributed by atoms with van der Waals surface area (Å²) in [4.78, 5) is 0. The zero-order valence-corrected chi connectivity index (χ0v) is 14.2. The van der Waals surface area contributed by atoms with Crippen LogP contribution in [0.5, 0.6) is 11.5 Å². The van der Waals surface area contributed by atoms with E-state index < -0.39 is 5.60 Å². The van der Waals surface area contributed by atoms with Crippen molar-refractivity contribution in [2.24, 2.45) is 0 Å². The SMILES string of the molecule is CCCCCC[C@](C)(O)CNCCOc1ccccc1OC. The molecule has 0 spiro atoms. The van der Waals surface area contributed by atoms with E-state index in [1.165, 1.54) is 19.3 Å². The lowest BCUT2D eigenvalue weighted by atomic mass is 9.98. The number of para-hydroxylation sites is 2. The first-order valence-corrected chi connectivity index (χ1v) is 8.28. The number of hydrogen-bond acceptors (Lipinski definition) is 4. The van der Waals surface area contributed by atoms with Crippen molar-refractivity contribution in [1.82, 2.24) is 5.32 Å². The molecule has 1 aromatic carbocycles. The molecule has 0 unspecified atom stereocenters. The average Bonchev–Trinajstić information content (AvgIpc) is 2.51. The highest BCUT2D eigenvalue weighted by molar-refractivity contribution is 5.39. The lowest BCUT2D eigenvalue weighted by molar-refractivity contribution is 0.0474. The molecule has 1 atom stereocenters. The highest BCUT2D eigenvalue weighted by atomic mass is 16.5. The van der Waals surface area contributed by atoms with Crippen LogP contribution in [0, 0.1) is 0 Å². The molecule has 0 aliphatic rings. The molecule has 0 aliphatic carbocycles. The molecule has 4 nitrogen and oxygen atoms in total. The second-order valence-corrected chi connectivity index (χ2v) is 5.98. The van der Waals surface area contributed by atoms with Crippen molar-refractivity contribution in [3.8, 4) is 11.5 Å². The summed E-state index contributed by atoms with van der Waals surface area (Å²) in [6.45, 7) is 5.93. The molecule has 0 bridgehead atoms. The van der Waals surface area contributed by atoms with Gasteiger partial charge in [0.05, 0.1) is 12.7 Å². The smallest absolute Gasteiger partial charge is 0.161 e. The Balaban J connectivity index is 2.16. The summed E-state index contributed by atoms with van der Waals surface area (Å²) in [5, 5.41) is 13.5. The van der Waals surface area contributed by atoms with Gasteiger partial charge in [-0.15, -0.1) is 0 Å². The van der Waals surface area contributed by atoms with Crippen LogP contribution in [-0.4, -0.2) is 37.5 Å². The Morgan fingerprint density at radius 3 is 2.55 bits per heavy atom. The molecule has 0 aliphatic heterocycles. The lowest BCUT2D eigenvalue weighted by Crippen LogP contribution is -2.39. The Morgan fingerprint density at radius 1 is 1.14 bits per heavy atom. The van der Waals surface area contributed by atoms with Crippen LogP contribution in [0.1, 0.15) is 46.0 Å². The van der Waals surface area contributed by atoms with Gasteiger partial charge in [-0.3, -0.25) is 0 Å². The molecule has 0 saturated heterocycles. The average molecular weight is 309 g/mol. The Labute approximate surface area is 134 Å². The van der Waals surface area contributed by atoms with Crippen LogP contribution in [0.15, 0.2) is 24.3 Å². The van der Waals surface area contributed by atoms with Crippen molar-refractivity contribution in [2.75, 3.05) is 26.8 Å². The van der Waals surface area contributed by atoms with Crippen LogP contribution >= 0.6 is 0 Å². The van der Waals surface area contributed by atoms with E-state index in [1.807, 2.05) is 31.2 Å². The zero-order valence-electron chi connectivity index (χ0n) is 14.2. The third kappa shape index (κ3) is 7.66. The van der Waals surface area contributed by atoms with Gasteiger partial charge in [0.1, 0.15) is 6.61 Å². The van der Waals surface area contributed by atoms with Crippen molar-refractivity contribution in [3.63, 3.8) is 0 Å². The lowest BCUT2D eigenvalue weighted by Gasteiger charge is -2.23. The standard InChI is InChI=1S/C18H31NO3/c1-4-5-6-9-12-18(2,20)15-19-13-14-22-17-11-8-7-10-16(17)21-3/h7-8,10-11,19-20H,4-6,9,12-15H2,1-3H3/t18-/m0/s1. The minimum atomic E-state index is -0.641. The predicted molar refractivity (Wildman–Crippen MR) is 90.7 cm³/mol. The second kappa shape index (κ2) is 10.5. The van der Waals surface area contributed by atoms with Gasteiger partial charge in [-0.1, -0.05) is 44.7 Å². The number of aliphatic hydroxyl groups is 1. The second-order valence-electron chi connectivity index (χ2n) is 5.98. The molecule has 4 heteroatoms. The van der Waals surface area contributed by atoms with Crippen molar-refractivity contribution < 1.29 is 14.6 Å². The number of hydrogen-bond donors (Lipinski definition) is 2. The summed E-state index contributed by atoms with van der Waals surface area (Å²) in [7, 11) is 1.64. The molecule has 1 aromatic rings. The van der Waals surface area contributed by atoms with E-state index in [4.69, 9.17) is 9.47 Å². The third-order valence-corrected chi connectivity index (χ3v) is 3.68. The van der Waals surface area contributed by atoms with Crippen LogP contribution < -0.4 is 14.8 Å². The van der Waals surface area contributed by atoms with Gasteiger partial charge in [0.2, 0.25) is 0 Å². The Morgan fingerprint density at radius 2 is 1.86 bits per heavy atom. The minimum Gasteiger partial charge on any atom is -0.493 e. The fourth-order valence-corrected chi connectivity index (χ4v) is 2.35. The molecular weight excluding hydrogens is 278 g/mol. The zero-order chi connectivity index (χ0) is 16.3. The molecule has 0 saturated carbocycles. The number of unbranched alkanes of at least 4 members (excludes halogenated alkanes) is 3. The van der Waals surface area contributed by atoms with Crippen LogP contribution in [-0.2, 0) is 0 Å². The number of ether oxygens (including phenoxy) is 2. The summed E-state index contributed by atoms with van der Waals surface area (Å²) in [6.07, 6.45) is 5.59. The monoisotopic (exact) mass is 309 g/mol. The van der Waals surface area contributed by atoms with Gasteiger partial charge in [-0.2, -0.15) is 0 Å². The maximum Gasteiger partial charge on any atom is 0.161 e. The molecule has 0 amide bonds.